The lowest BCUT2D eigenvalue weighted by atomic mass is 9.33. The van der Waals surface area contributed by atoms with Gasteiger partial charge in [-0.2, -0.15) is 8.78 Å². The Morgan fingerprint density at radius 2 is 0.500 bits per heavy atom. The van der Waals surface area contributed by atoms with E-state index in [2.05, 4.69) is 0 Å². The first-order chi connectivity index (χ1) is 11.0. The molecule has 0 saturated heterocycles. The molecular weight excluding hydrogens is 410 g/mol. The second-order valence-corrected chi connectivity index (χ2v) is 7.01. The minimum Gasteiger partial charge on any atom is -0.223 e. The van der Waals surface area contributed by atoms with Crippen LogP contribution in [0.5, 0.6) is 0 Å². The van der Waals surface area contributed by atoms with Gasteiger partial charge in [0.2, 0.25) is 0 Å². The fraction of sp³-hybridized carbons (Fsp3) is 1.00. The molecule has 0 unspecified atom stereocenters. The van der Waals surface area contributed by atoms with E-state index < -0.39 is 71.6 Å². The second kappa shape index (κ2) is 3.65. The zero-order chi connectivity index (χ0) is 21.0. The van der Waals surface area contributed by atoms with Crippen molar-refractivity contribution in [3.8, 4) is 0 Å². The summed E-state index contributed by atoms with van der Waals surface area (Å²) in [5.74, 6) is -42.0. The monoisotopic (exact) mass is 416 g/mol. The molecule has 0 radical (unpaired) electrons. The number of rotatable bonds is 0. The third-order valence-corrected chi connectivity index (χ3v) is 6.36. The highest BCUT2D eigenvalue weighted by Gasteiger charge is 3.19. The highest BCUT2D eigenvalue weighted by Crippen LogP contribution is 2.92. The molecule has 4 bridgehead atoms. The Labute approximate surface area is 134 Å². The minimum atomic E-state index is -7.44. The lowest BCUT2D eigenvalue weighted by molar-refractivity contribution is -0.612. The van der Waals surface area contributed by atoms with Crippen molar-refractivity contribution in [1.82, 2.24) is 0 Å². The zero-order valence-corrected chi connectivity index (χ0v) is 12.3. The molecule has 0 atom stereocenters. The second-order valence-electron chi connectivity index (χ2n) is 7.01. The molecular formula is C12H6F14. The van der Waals surface area contributed by atoms with Gasteiger partial charge in [-0.15, -0.1) is 0 Å². The summed E-state index contributed by atoms with van der Waals surface area (Å²) in [4.78, 5) is 0. The summed E-state index contributed by atoms with van der Waals surface area (Å²) in [6, 6.07) is 0. The molecule has 0 N–H and O–H groups in total. The van der Waals surface area contributed by atoms with Gasteiger partial charge in [0.15, 0.2) is 10.8 Å². The number of hydrogen-bond donors (Lipinski definition) is 0. The average Bonchev–Trinajstić information content (AvgIpc) is 2.46. The van der Waals surface area contributed by atoms with Crippen LogP contribution in [0, 0.1) is 10.8 Å². The number of hydrogen-bond acceptors (Lipinski definition) is 0. The van der Waals surface area contributed by atoms with Gasteiger partial charge in [-0.25, -0.2) is 52.7 Å². The van der Waals surface area contributed by atoms with Crippen LogP contribution in [0.4, 0.5) is 61.5 Å². The normalized spacial score (nSPS) is 53.5. The van der Waals surface area contributed by atoms with Gasteiger partial charge in [0.1, 0.15) is 0 Å². The SMILES string of the molecule is CC12C(F)(F)C3(C)C(F)(F)C(F)(C1(F)F)C(F)(F)C(F)(C2(F)F)C3(F)F. The summed E-state index contributed by atoms with van der Waals surface area (Å²) in [7, 11) is 0. The van der Waals surface area contributed by atoms with E-state index in [0.29, 0.717) is 0 Å². The van der Waals surface area contributed by atoms with Crippen molar-refractivity contribution in [2.75, 3.05) is 0 Å². The maximum atomic E-state index is 14.5. The third-order valence-electron chi connectivity index (χ3n) is 6.36. The van der Waals surface area contributed by atoms with Crippen LogP contribution in [0.2, 0.25) is 0 Å². The van der Waals surface area contributed by atoms with E-state index in [1.54, 1.807) is 0 Å². The van der Waals surface area contributed by atoms with Gasteiger partial charge in [-0.05, 0) is 13.8 Å². The van der Waals surface area contributed by atoms with Gasteiger partial charge < -0.3 is 0 Å². The molecule has 4 fully saturated rings. The van der Waals surface area contributed by atoms with Crippen molar-refractivity contribution in [2.24, 2.45) is 10.8 Å². The van der Waals surface area contributed by atoms with Gasteiger partial charge in [-0.1, -0.05) is 0 Å². The van der Waals surface area contributed by atoms with Crippen LogP contribution >= 0.6 is 0 Å². The van der Waals surface area contributed by atoms with Crippen molar-refractivity contribution in [3.63, 3.8) is 0 Å². The highest BCUT2D eigenvalue weighted by atomic mass is 19.3. The van der Waals surface area contributed by atoms with E-state index in [0.717, 1.165) is 0 Å². The van der Waals surface area contributed by atoms with Crippen LogP contribution in [-0.2, 0) is 0 Å². The molecule has 26 heavy (non-hydrogen) atoms. The van der Waals surface area contributed by atoms with E-state index in [9.17, 15) is 61.5 Å². The van der Waals surface area contributed by atoms with Crippen LogP contribution in [0.25, 0.3) is 0 Å². The fourth-order valence-electron chi connectivity index (χ4n) is 4.48. The molecule has 4 aliphatic carbocycles. The van der Waals surface area contributed by atoms with Gasteiger partial charge in [0.25, 0.3) is 5.92 Å². The van der Waals surface area contributed by atoms with Crippen LogP contribution in [0.1, 0.15) is 13.8 Å². The molecule has 0 spiro atoms. The molecule has 0 aromatic rings. The summed E-state index contributed by atoms with van der Waals surface area (Å²) in [6.07, 6.45) is 0. The van der Waals surface area contributed by atoms with Gasteiger partial charge in [-0.3, -0.25) is 0 Å². The first kappa shape index (κ1) is 19.8. The van der Waals surface area contributed by atoms with E-state index in [1.165, 1.54) is 0 Å². The summed E-state index contributed by atoms with van der Waals surface area (Å²) in [6.45, 7) is -2.12. The number of alkyl halides is 14. The molecule has 0 aromatic carbocycles. The van der Waals surface area contributed by atoms with Crippen molar-refractivity contribution in [2.45, 2.75) is 60.7 Å². The Kier molecular flexibility index (Phi) is 2.78. The molecule has 0 amide bonds. The quantitative estimate of drug-likeness (QED) is 0.473. The molecule has 152 valence electrons. The lowest BCUT2D eigenvalue weighted by Gasteiger charge is -2.76. The molecule has 0 aromatic heterocycles. The molecule has 4 rings (SSSR count). The van der Waals surface area contributed by atoms with Crippen LogP contribution in [-0.4, -0.2) is 46.9 Å². The van der Waals surface area contributed by atoms with E-state index in [4.69, 9.17) is 0 Å². The Morgan fingerprint density at radius 1 is 0.308 bits per heavy atom. The Morgan fingerprint density at radius 3 is 0.692 bits per heavy atom. The summed E-state index contributed by atoms with van der Waals surface area (Å²) in [5, 5.41) is 0. The summed E-state index contributed by atoms with van der Waals surface area (Å²) >= 11 is 0. The highest BCUT2D eigenvalue weighted by molar-refractivity contribution is 5.50. The summed E-state index contributed by atoms with van der Waals surface area (Å²) < 4.78 is 199. The van der Waals surface area contributed by atoms with Gasteiger partial charge in [0, 0.05) is 0 Å². The summed E-state index contributed by atoms with van der Waals surface area (Å²) in [5.41, 5.74) is -26.0. The van der Waals surface area contributed by atoms with Crippen LogP contribution in [0.15, 0.2) is 0 Å². The van der Waals surface area contributed by atoms with Crippen molar-refractivity contribution in [1.29, 1.82) is 0 Å². The third kappa shape index (κ3) is 0.975. The van der Waals surface area contributed by atoms with Crippen molar-refractivity contribution < 1.29 is 61.5 Å². The molecule has 4 saturated carbocycles. The lowest BCUT2D eigenvalue weighted by Crippen LogP contribution is -3.05. The van der Waals surface area contributed by atoms with Crippen molar-refractivity contribution in [3.05, 3.63) is 0 Å². The Bertz CT molecular complexity index is 508. The maximum absolute atomic E-state index is 14.5. The van der Waals surface area contributed by atoms with Crippen LogP contribution < -0.4 is 0 Å². The standard InChI is InChI=1S/C12H6F14/c1-3-7(15,16)4(2)10(21,22)5(13,8(3,17)18)12(25,26)6(14,9(3,19)20)11(4,23)24/h1-2H3. The first-order valence-corrected chi connectivity index (χ1v) is 6.65. The molecule has 0 aliphatic heterocycles. The molecule has 0 heterocycles. The van der Waals surface area contributed by atoms with Crippen molar-refractivity contribution >= 4 is 0 Å². The zero-order valence-electron chi connectivity index (χ0n) is 12.3. The maximum Gasteiger partial charge on any atom is 0.338 e. The first-order valence-electron chi connectivity index (χ1n) is 6.65. The minimum absolute atomic E-state index is 1.06. The number of halogens is 14. The fourth-order valence-corrected chi connectivity index (χ4v) is 4.48. The topological polar surface area (TPSA) is 0 Å². The van der Waals surface area contributed by atoms with E-state index in [-0.39, 0.29) is 0 Å². The van der Waals surface area contributed by atoms with E-state index >= 15 is 0 Å². The average molecular weight is 416 g/mol. The largest absolute Gasteiger partial charge is 0.338 e. The van der Waals surface area contributed by atoms with E-state index in [1.807, 2.05) is 0 Å². The Balaban J connectivity index is 2.71. The van der Waals surface area contributed by atoms with Gasteiger partial charge >= 0.3 is 41.0 Å². The predicted molar refractivity (Wildman–Crippen MR) is 53.6 cm³/mol. The predicted octanol–water partition coefficient (Wildman–Crippen LogP) is 5.27. The van der Waals surface area contributed by atoms with Crippen LogP contribution in [0.3, 0.4) is 0 Å². The smallest absolute Gasteiger partial charge is 0.223 e. The molecule has 0 nitrogen and oxygen atoms in total. The Hall–Kier alpha value is -0.980. The molecule has 4 aliphatic rings. The molecule has 14 heteroatoms. The van der Waals surface area contributed by atoms with Gasteiger partial charge in [0.05, 0.1) is 0 Å².